The van der Waals surface area contributed by atoms with Crippen LogP contribution in [0, 0.1) is 0 Å². The second-order valence-electron chi connectivity index (χ2n) is 6.99. The van der Waals surface area contributed by atoms with Crippen molar-refractivity contribution in [3.63, 3.8) is 0 Å². The van der Waals surface area contributed by atoms with Gasteiger partial charge in [0.1, 0.15) is 0 Å². The van der Waals surface area contributed by atoms with Gasteiger partial charge in [0.05, 0.1) is 0 Å². The average molecular weight is 645 g/mol. The molecule has 0 aliphatic rings. The molecule has 0 bridgehead atoms. The van der Waals surface area contributed by atoms with Crippen LogP contribution in [0.4, 0.5) is 0 Å². The van der Waals surface area contributed by atoms with Gasteiger partial charge in [-0.05, 0) is 0 Å². The fourth-order valence-corrected chi connectivity index (χ4v) is 6.63. The summed E-state index contributed by atoms with van der Waals surface area (Å²) in [7, 11) is 0. The van der Waals surface area contributed by atoms with Crippen LogP contribution >= 0.6 is 0 Å². The summed E-state index contributed by atoms with van der Waals surface area (Å²) in [5, 5.41) is 0. The third-order valence-corrected chi connectivity index (χ3v) is 8.65. The second-order valence-corrected chi connectivity index (χ2v) is 10.9. The minimum atomic E-state index is -3.40. The predicted molar refractivity (Wildman–Crippen MR) is 145 cm³/mol. The molecule has 0 aliphatic heterocycles. The number of allylic oxidation sites excluding steroid dienone is 6. The molecular formula is C30H27BiO3. The molecule has 0 atom stereocenters. The Hall–Kier alpha value is -3.62. The second kappa shape index (κ2) is 13.8. The van der Waals surface area contributed by atoms with E-state index in [9.17, 15) is 0 Å². The van der Waals surface area contributed by atoms with Gasteiger partial charge in [0.15, 0.2) is 0 Å². The molecule has 0 aromatic heterocycles. The predicted octanol–water partition coefficient (Wildman–Crippen LogP) is 7.81. The van der Waals surface area contributed by atoms with Crippen LogP contribution in [0.5, 0.6) is 17.2 Å². The quantitative estimate of drug-likeness (QED) is 0.149. The van der Waals surface area contributed by atoms with Crippen molar-refractivity contribution in [1.82, 2.24) is 0 Å². The van der Waals surface area contributed by atoms with Crippen molar-refractivity contribution in [3.8, 4) is 17.2 Å². The van der Waals surface area contributed by atoms with Crippen LogP contribution in [0.2, 0.25) is 0 Å². The van der Waals surface area contributed by atoms with E-state index in [1.165, 1.54) is 0 Å². The van der Waals surface area contributed by atoms with Crippen LogP contribution in [-0.4, -0.2) is 23.1 Å². The molecule has 0 saturated carbocycles. The summed E-state index contributed by atoms with van der Waals surface area (Å²) >= 11 is -3.40. The van der Waals surface area contributed by atoms with E-state index in [0.29, 0.717) is 17.2 Å². The Bertz CT molecular complexity index is 1000. The molecular weight excluding hydrogens is 617 g/mol. The summed E-state index contributed by atoms with van der Waals surface area (Å²) in [5.74, 6) is 2.14. The zero-order valence-corrected chi connectivity index (χ0v) is 22.4. The molecule has 3 rings (SSSR count). The van der Waals surface area contributed by atoms with Gasteiger partial charge in [-0.15, -0.1) is 0 Å². The molecule has 0 saturated heterocycles. The van der Waals surface area contributed by atoms with Gasteiger partial charge in [-0.2, -0.15) is 0 Å². The van der Waals surface area contributed by atoms with E-state index in [2.05, 4.69) is 19.7 Å². The molecule has 0 unspecified atom stereocenters. The Morgan fingerprint density at radius 3 is 0.941 bits per heavy atom. The molecule has 4 heteroatoms. The fourth-order valence-electron chi connectivity index (χ4n) is 2.77. The molecule has 0 amide bonds. The van der Waals surface area contributed by atoms with Gasteiger partial charge in [0.2, 0.25) is 0 Å². The average Bonchev–Trinajstić information content (AvgIpc) is 2.87. The maximum atomic E-state index is 6.23. The van der Waals surface area contributed by atoms with Crippen LogP contribution in [0.15, 0.2) is 129 Å². The number of hydrogen-bond donors (Lipinski definition) is 0. The first-order valence-electron chi connectivity index (χ1n) is 10.7. The normalized spacial score (nSPS) is 11.2. The van der Waals surface area contributed by atoms with Crippen LogP contribution < -0.4 is 8.44 Å². The fraction of sp³-hybridized carbons (Fsp3) is 0. The summed E-state index contributed by atoms with van der Waals surface area (Å²) < 4.78 is 18.7. The van der Waals surface area contributed by atoms with E-state index in [4.69, 9.17) is 8.44 Å². The zero-order chi connectivity index (χ0) is 24.0. The first-order chi connectivity index (χ1) is 16.7. The summed E-state index contributed by atoms with van der Waals surface area (Å²) in [6.45, 7) is 11.1. The third kappa shape index (κ3) is 8.38. The van der Waals surface area contributed by atoms with Gasteiger partial charge in [-0.3, -0.25) is 0 Å². The topological polar surface area (TPSA) is 27.7 Å². The molecule has 170 valence electrons. The van der Waals surface area contributed by atoms with Crippen molar-refractivity contribution in [2.45, 2.75) is 0 Å². The summed E-state index contributed by atoms with van der Waals surface area (Å²) in [6.07, 6.45) is 16.9. The van der Waals surface area contributed by atoms with Crippen molar-refractivity contribution in [3.05, 3.63) is 146 Å². The molecule has 3 nitrogen and oxygen atoms in total. The van der Waals surface area contributed by atoms with Gasteiger partial charge in [-0.25, -0.2) is 0 Å². The van der Waals surface area contributed by atoms with Crippen LogP contribution in [0.25, 0.3) is 18.2 Å². The number of rotatable bonds is 12. The Kier molecular flexibility index (Phi) is 10.2. The standard InChI is InChI=1S/3C10H10O.Bi/c3*1-2-3-4-9-5-7-10(11)8-6-9;/h3*2-8,11H,1H2;/q;;;+3/p-3. The summed E-state index contributed by atoms with van der Waals surface area (Å²) in [4.78, 5) is 0. The Morgan fingerprint density at radius 1 is 0.441 bits per heavy atom. The Balaban J connectivity index is 1.77. The van der Waals surface area contributed by atoms with Crippen LogP contribution in [-0.2, 0) is 0 Å². The number of benzene rings is 3. The number of hydrogen-bond acceptors (Lipinski definition) is 3. The maximum absolute atomic E-state index is 6.23. The summed E-state index contributed by atoms with van der Waals surface area (Å²) in [5.41, 5.74) is 3.18. The van der Waals surface area contributed by atoms with Gasteiger partial charge < -0.3 is 0 Å². The first kappa shape index (κ1) is 25.0. The van der Waals surface area contributed by atoms with Crippen molar-refractivity contribution >= 4 is 41.3 Å². The van der Waals surface area contributed by atoms with Crippen LogP contribution in [0.1, 0.15) is 16.7 Å². The third-order valence-electron chi connectivity index (χ3n) is 4.45. The van der Waals surface area contributed by atoms with E-state index < -0.39 is 23.1 Å². The zero-order valence-electron chi connectivity index (χ0n) is 18.9. The minimum absolute atomic E-state index is 0.713. The van der Waals surface area contributed by atoms with Gasteiger partial charge in [-0.1, -0.05) is 0 Å². The molecule has 0 N–H and O–H groups in total. The van der Waals surface area contributed by atoms with Crippen molar-refractivity contribution in [2.24, 2.45) is 0 Å². The van der Waals surface area contributed by atoms with Crippen LogP contribution in [0.3, 0.4) is 0 Å². The van der Waals surface area contributed by atoms with Crippen molar-refractivity contribution < 1.29 is 8.44 Å². The first-order valence-corrected chi connectivity index (χ1v) is 15.0. The van der Waals surface area contributed by atoms with Crippen molar-refractivity contribution in [1.29, 1.82) is 0 Å². The van der Waals surface area contributed by atoms with Gasteiger partial charge >= 0.3 is 213 Å². The molecule has 0 aliphatic carbocycles. The summed E-state index contributed by atoms with van der Waals surface area (Å²) in [6, 6.07) is 23.4. The molecule has 0 radical (unpaired) electrons. The monoisotopic (exact) mass is 644 g/mol. The molecule has 0 spiro atoms. The Morgan fingerprint density at radius 2 is 0.706 bits per heavy atom. The van der Waals surface area contributed by atoms with E-state index in [0.717, 1.165) is 16.7 Å². The Labute approximate surface area is 211 Å². The van der Waals surface area contributed by atoms with Gasteiger partial charge in [0.25, 0.3) is 0 Å². The van der Waals surface area contributed by atoms with E-state index >= 15 is 0 Å². The SMILES string of the molecule is C=CC=Cc1ccc([O][Bi]([O]c2ccc(C=CC=C)cc2)[O]c2ccc(C=CC=C)cc2)cc1. The van der Waals surface area contributed by atoms with Gasteiger partial charge in [0, 0.05) is 0 Å². The van der Waals surface area contributed by atoms with E-state index in [1.54, 1.807) is 18.2 Å². The molecule has 34 heavy (non-hydrogen) atoms. The van der Waals surface area contributed by atoms with E-state index in [1.807, 2.05) is 109 Å². The van der Waals surface area contributed by atoms with E-state index in [-0.39, 0.29) is 0 Å². The molecule has 0 heterocycles. The molecule has 0 fully saturated rings. The van der Waals surface area contributed by atoms with Crippen molar-refractivity contribution in [2.75, 3.05) is 0 Å². The molecule has 3 aromatic carbocycles. The molecule has 3 aromatic rings.